The Kier molecular flexibility index (Phi) is 7.30. The zero-order valence-corrected chi connectivity index (χ0v) is 18.1. The highest BCUT2D eigenvalue weighted by Crippen LogP contribution is 2.31. The molecule has 1 saturated carbocycles. The van der Waals surface area contributed by atoms with Crippen LogP contribution in [0.2, 0.25) is 0 Å². The minimum Gasteiger partial charge on any atom is -0.350 e. The number of halogens is 3. The van der Waals surface area contributed by atoms with Crippen molar-refractivity contribution >= 4 is 12.0 Å². The third-order valence-electron chi connectivity index (χ3n) is 6.62. The van der Waals surface area contributed by atoms with Gasteiger partial charge in [-0.05, 0) is 98.5 Å². The molecule has 1 aliphatic heterocycles. The summed E-state index contributed by atoms with van der Waals surface area (Å²) in [6.07, 6.45) is 7.81. The van der Waals surface area contributed by atoms with Crippen molar-refractivity contribution in [3.05, 3.63) is 77.1 Å². The molecule has 2 atom stereocenters. The SMILES string of the molecule is O=C(/C=C/c1cc(F)cc(F)c1)N[C@H]1CC[C@@H](CN2CCC(c3cccc(F)c3)CC2)C1. The van der Waals surface area contributed by atoms with Crippen molar-refractivity contribution in [2.45, 2.75) is 44.1 Å². The highest BCUT2D eigenvalue weighted by atomic mass is 19.1. The maximum Gasteiger partial charge on any atom is 0.244 e. The van der Waals surface area contributed by atoms with E-state index >= 15 is 0 Å². The first-order valence-electron chi connectivity index (χ1n) is 11.4. The summed E-state index contributed by atoms with van der Waals surface area (Å²) in [6, 6.07) is 10.3. The molecule has 1 saturated heterocycles. The average molecular weight is 443 g/mol. The Morgan fingerprint density at radius 3 is 2.44 bits per heavy atom. The molecular formula is C26H29F3N2O. The largest absolute Gasteiger partial charge is 0.350 e. The summed E-state index contributed by atoms with van der Waals surface area (Å²) in [5.41, 5.74) is 1.42. The fraction of sp³-hybridized carbons (Fsp3) is 0.423. The van der Waals surface area contributed by atoms with E-state index in [1.807, 2.05) is 6.07 Å². The number of rotatable bonds is 6. The zero-order valence-electron chi connectivity index (χ0n) is 18.1. The zero-order chi connectivity index (χ0) is 22.5. The van der Waals surface area contributed by atoms with Gasteiger partial charge in [0.1, 0.15) is 17.5 Å². The van der Waals surface area contributed by atoms with Crippen molar-refractivity contribution < 1.29 is 18.0 Å². The summed E-state index contributed by atoms with van der Waals surface area (Å²) in [5, 5.41) is 3.01. The van der Waals surface area contributed by atoms with Gasteiger partial charge >= 0.3 is 0 Å². The molecule has 4 rings (SSSR count). The van der Waals surface area contributed by atoms with Gasteiger partial charge in [0, 0.05) is 24.7 Å². The number of hydrogen-bond donors (Lipinski definition) is 1. The Morgan fingerprint density at radius 1 is 0.969 bits per heavy atom. The number of nitrogens with one attached hydrogen (secondary N) is 1. The van der Waals surface area contributed by atoms with Gasteiger partial charge < -0.3 is 10.2 Å². The topological polar surface area (TPSA) is 32.3 Å². The van der Waals surface area contributed by atoms with E-state index in [-0.39, 0.29) is 17.8 Å². The molecule has 6 heteroatoms. The third-order valence-corrected chi connectivity index (χ3v) is 6.62. The standard InChI is InChI=1S/C26H29F3N2O/c27-22-3-1-2-21(15-22)20-8-10-31(11-9-20)17-19-4-6-25(14-19)30-26(32)7-5-18-12-23(28)16-24(29)13-18/h1-3,5,7,12-13,15-16,19-20,25H,4,6,8-11,14,17H2,(H,30,32)/b7-5+/t19-,25+/m1/s1. The molecule has 1 aliphatic carbocycles. The van der Waals surface area contributed by atoms with Gasteiger partial charge in [-0.2, -0.15) is 0 Å². The molecule has 32 heavy (non-hydrogen) atoms. The molecule has 2 aromatic carbocycles. The van der Waals surface area contributed by atoms with Crippen LogP contribution in [0.15, 0.2) is 48.5 Å². The van der Waals surface area contributed by atoms with Gasteiger partial charge in [0.2, 0.25) is 5.91 Å². The number of piperidine rings is 1. The molecule has 0 unspecified atom stereocenters. The molecule has 2 fully saturated rings. The maximum absolute atomic E-state index is 13.5. The lowest BCUT2D eigenvalue weighted by Crippen LogP contribution is -2.37. The molecule has 2 aromatic rings. The summed E-state index contributed by atoms with van der Waals surface area (Å²) in [5.74, 6) is -0.756. The number of amides is 1. The first-order valence-corrected chi connectivity index (χ1v) is 11.4. The lowest BCUT2D eigenvalue weighted by atomic mass is 9.89. The second kappa shape index (κ2) is 10.3. The van der Waals surface area contributed by atoms with Gasteiger partial charge in [0.25, 0.3) is 0 Å². The molecule has 0 spiro atoms. The lowest BCUT2D eigenvalue weighted by molar-refractivity contribution is -0.117. The summed E-state index contributed by atoms with van der Waals surface area (Å²) < 4.78 is 40.0. The van der Waals surface area contributed by atoms with Crippen LogP contribution in [0.1, 0.15) is 49.1 Å². The number of nitrogens with zero attached hydrogens (tertiary/aromatic N) is 1. The van der Waals surface area contributed by atoms with Gasteiger partial charge in [0.15, 0.2) is 0 Å². The first-order chi connectivity index (χ1) is 15.4. The van der Waals surface area contributed by atoms with E-state index in [1.54, 1.807) is 12.1 Å². The summed E-state index contributed by atoms with van der Waals surface area (Å²) in [4.78, 5) is 14.7. The van der Waals surface area contributed by atoms with Crippen LogP contribution >= 0.6 is 0 Å². The Morgan fingerprint density at radius 2 is 1.72 bits per heavy atom. The van der Waals surface area contributed by atoms with E-state index in [2.05, 4.69) is 10.2 Å². The van der Waals surface area contributed by atoms with Crippen molar-refractivity contribution in [3.63, 3.8) is 0 Å². The Labute approximate surface area is 187 Å². The highest BCUT2D eigenvalue weighted by Gasteiger charge is 2.29. The second-order valence-corrected chi connectivity index (χ2v) is 9.05. The second-order valence-electron chi connectivity index (χ2n) is 9.05. The van der Waals surface area contributed by atoms with Crippen LogP contribution in [0.4, 0.5) is 13.2 Å². The maximum atomic E-state index is 13.5. The van der Waals surface area contributed by atoms with E-state index in [0.29, 0.717) is 17.4 Å². The smallest absolute Gasteiger partial charge is 0.244 e. The Bertz CT molecular complexity index is 949. The Hall–Kier alpha value is -2.60. The molecule has 170 valence electrons. The van der Waals surface area contributed by atoms with Crippen molar-refractivity contribution in [2.75, 3.05) is 19.6 Å². The van der Waals surface area contributed by atoms with E-state index < -0.39 is 11.6 Å². The Balaban J connectivity index is 1.19. The fourth-order valence-corrected chi connectivity index (χ4v) is 5.04. The predicted octanol–water partition coefficient (Wildman–Crippen LogP) is 5.28. The number of likely N-dealkylation sites (tertiary alicyclic amines) is 1. The lowest BCUT2D eigenvalue weighted by Gasteiger charge is -2.33. The quantitative estimate of drug-likeness (QED) is 0.618. The van der Waals surface area contributed by atoms with E-state index in [9.17, 15) is 18.0 Å². The van der Waals surface area contributed by atoms with Crippen molar-refractivity contribution in [3.8, 4) is 0 Å². The monoisotopic (exact) mass is 442 g/mol. The minimum absolute atomic E-state index is 0.131. The van der Waals surface area contributed by atoms with Gasteiger partial charge in [0.05, 0.1) is 0 Å². The molecule has 3 nitrogen and oxygen atoms in total. The number of benzene rings is 2. The van der Waals surface area contributed by atoms with Crippen molar-refractivity contribution in [1.82, 2.24) is 10.2 Å². The molecule has 1 amide bonds. The van der Waals surface area contributed by atoms with Gasteiger partial charge in [-0.15, -0.1) is 0 Å². The third kappa shape index (κ3) is 6.22. The van der Waals surface area contributed by atoms with Crippen molar-refractivity contribution in [2.24, 2.45) is 5.92 Å². The summed E-state index contributed by atoms with van der Waals surface area (Å²) in [6.45, 7) is 3.06. The average Bonchev–Trinajstić information content (AvgIpc) is 3.19. The first kappa shape index (κ1) is 22.6. The van der Waals surface area contributed by atoms with Gasteiger partial charge in [-0.1, -0.05) is 12.1 Å². The van der Waals surface area contributed by atoms with E-state index in [0.717, 1.165) is 63.4 Å². The molecule has 1 N–H and O–H groups in total. The van der Waals surface area contributed by atoms with Crippen LogP contribution in [0.25, 0.3) is 6.08 Å². The number of carbonyl (C=O) groups is 1. The van der Waals surface area contributed by atoms with Crippen LogP contribution in [-0.4, -0.2) is 36.5 Å². The van der Waals surface area contributed by atoms with E-state index in [4.69, 9.17) is 0 Å². The van der Waals surface area contributed by atoms with Crippen LogP contribution in [0, 0.1) is 23.4 Å². The number of carbonyl (C=O) groups excluding carboxylic acids is 1. The van der Waals surface area contributed by atoms with Crippen LogP contribution in [-0.2, 0) is 4.79 Å². The molecule has 0 radical (unpaired) electrons. The fourth-order valence-electron chi connectivity index (χ4n) is 5.04. The summed E-state index contributed by atoms with van der Waals surface area (Å²) in [7, 11) is 0. The molecule has 2 aliphatic rings. The van der Waals surface area contributed by atoms with E-state index in [1.165, 1.54) is 30.4 Å². The van der Waals surface area contributed by atoms with Gasteiger partial charge in [-0.25, -0.2) is 13.2 Å². The van der Waals surface area contributed by atoms with Crippen LogP contribution in [0.3, 0.4) is 0 Å². The van der Waals surface area contributed by atoms with Gasteiger partial charge in [-0.3, -0.25) is 4.79 Å². The minimum atomic E-state index is -0.663. The predicted molar refractivity (Wildman–Crippen MR) is 119 cm³/mol. The molecule has 0 bridgehead atoms. The molecule has 0 aromatic heterocycles. The van der Waals surface area contributed by atoms with Crippen LogP contribution in [0.5, 0.6) is 0 Å². The normalized spacial score (nSPS) is 22.5. The number of hydrogen-bond acceptors (Lipinski definition) is 2. The highest BCUT2D eigenvalue weighted by molar-refractivity contribution is 5.91. The molecule has 1 heterocycles. The molecular weight excluding hydrogens is 413 g/mol. The van der Waals surface area contributed by atoms with Crippen LogP contribution < -0.4 is 5.32 Å². The van der Waals surface area contributed by atoms with Crippen molar-refractivity contribution in [1.29, 1.82) is 0 Å². The summed E-state index contributed by atoms with van der Waals surface area (Å²) >= 11 is 0.